The van der Waals surface area contributed by atoms with Gasteiger partial charge in [0.1, 0.15) is 17.5 Å². The molecule has 3 N–H and O–H groups in total. The molecule has 0 aliphatic carbocycles. The highest BCUT2D eigenvalue weighted by Gasteiger charge is 2.18. The van der Waals surface area contributed by atoms with Gasteiger partial charge < -0.3 is 5.32 Å². The van der Waals surface area contributed by atoms with Gasteiger partial charge in [-0.1, -0.05) is 13.0 Å². The molecule has 8 heteroatoms. The van der Waals surface area contributed by atoms with Gasteiger partial charge in [0.05, 0.1) is 12.7 Å². The number of amidine groups is 1. The molecule has 0 bridgehead atoms. The summed E-state index contributed by atoms with van der Waals surface area (Å²) in [6, 6.07) is 8.00. The highest BCUT2D eigenvalue weighted by molar-refractivity contribution is 6.01. The predicted molar refractivity (Wildman–Crippen MR) is 108 cm³/mol. The van der Waals surface area contributed by atoms with Crippen LogP contribution in [0.25, 0.3) is 11.1 Å². The van der Waals surface area contributed by atoms with E-state index in [1.165, 1.54) is 6.92 Å². The number of carbonyl (C=O) groups is 1. The number of nitrogens with one attached hydrogen (secondary N) is 3. The van der Waals surface area contributed by atoms with Gasteiger partial charge in [0.15, 0.2) is 0 Å². The molecule has 0 radical (unpaired) electrons. The Morgan fingerprint density at radius 2 is 1.93 bits per heavy atom. The summed E-state index contributed by atoms with van der Waals surface area (Å²) in [7, 11) is 0. The Hall–Kier alpha value is -3.55. The second-order valence-corrected chi connectivity index (χ2v) is 6.59. The van der Waals surface area contributed by atoms with Crippen molar-refractivity contribution in [3.8, 4) is 11.1 Å². The van der Waals surface area contributed by atoms with Gasteiger partial charge in [-0.3, -0.25) is 15.4 Å². The first-order valence-electron chi connectivity index (χ1n) is 9.08. The standard InChI is InChI=1S/C21H21F2N5O/c1-3-15-8-19(4-5-20(15)16-10-25-26-11-16)27-21(29)28(13(2)24)12-14-6-17(22)9-18(23)7-14/h4-11,24H,3,12H2,1-2H3,(H,25,26)(H,27,29). The third-order valence-corrected chi connectivity index (χ3v) is 4.46. The number of aromatic nitrogens is 2. The lowest BCUT2D eigenvalue weighted by Crippen LogP contribution is -2.37. The fraction of sp³-hybridized carbons (Fsp3) is 0.190. The van der Waals surface area contributed by atoms with Gasteiger partial charge in [-0.05, 0) is 54.3 Å². The number of urea groups is 1. The first-order chi connectivity index (χ1) is 13.9. The van der Waals surface area contributed by atoms with Crippen LogP contribution in [-0.2, 0) is 13.0 Å². The van der Waals surface area contributed by atoms with Crippen LogP contribution in [0.2, 0.25) is 0 Å². The Bertz CT molecular complexity index is 1010. The fourth-order valence-electron chi connectivity index (χ4n) is 3.06. The van der Waals surface area contributed by atoms with E-state index in [4.69, 9.17) is 5.41 Å². The average molecular weight is 397 g/mol. The molecular formula is C21H21F2N5O. The number of aryl methyl sites for hydroxylation is 1. The molecule has 0 saturated carbocycles. The molecule has 0 atom stereocenters. The second-order valence-electron chi connectivity index (χ2n) is 6.59. The van der Waals surface area contributed by atoms with Gasteiger partial charge in [0.25, 0.3) is 0 Å². The molecule has 2 amide bonds. The summed E-state index contributed by atoms with van der Waals surface area (Å²) < 4.78 is 26.9. The third-order valence-electron chi connectivity index (χ3n) is 4.46. The SMILES string of the molecule is CCc1cc(NC(=O)N(Cc2cc(F)cc(F)c2)C(C)=N)ccc1-c1cn[nH]c1. The Kier molecular flexibility index (Phi) is 6.01. The van der Waals surface area contributed by atoms with E-state index >= 15 is 0 Å². The number of hydrogen-bond donors (Lipinski definition) is 3. The van der Waals surface area contributed by atoms with Crippen molar-refractivity contribution in [1.29, 1.82) is 5.41 Å². The van der Waals surface area contributed by atoms with E-state index in [1.807, 2.05) is 19.1 Å². The Morgan fingerprint density at radius 3 is 2.52 bits per heavy atom. The fourth-order valence-corrected chi connectivity index (χ4v) is 3.06. The summed E-state index contributed by atoms with van der Waals surface area (Å²) in [5.41, 5.74) is 3.80. The summed E-state index contributed by atoms with van der Waals surface area (Å²) in [6.07, 6.45) is 4.27. The van der Waals surface area contributed by atoms with Crippen molar-refractivity contribution < 1.29 is 13.6 Å². The van der Waals surface area contributed by atoms with E-state index in [9.17, 15) is 13.6 Å². The summed E-state index contributed by atoms with van der Waals surface area (Å²) in [4.78, 5) is 13.8. The Balaban J connectivity index is 1.80. The quantitative estimate of drug-likeness (QED) is 0.420. The lowest BCUT2D eigenvalue weighted by Gasteiger charge is -2.22. The van der Waals surface area contributed by atoms with Crippen molar-refractivity contribution in [2.24, 2.45) is 0 Å². The minimum atomic E-state index is -0.731. The minimum Gasteiger partial charge on any atom is -0.307 e. The molecule has 0 aliphatic heterocycles. The number of amides is 2. The number of anilines is 1. The van der Waals surface area contributed by atoms with Crippen molar-refractivity contribution in [2.75, 3.05) is 5.32 Å². The van der Waals surface area contributed by atoms with E-state index in [2.05, 4.69) is 15.5 Å². The molecule has 0 spiro atoms. The van der Waals surface area contributed by atoms with Crippen LogP contribution in [0.1, 0.15) is 25.0 Å². The lowest BCUT2D eigenvalue weighted by molar-refractivity contribution is 0.232. The maximum Gasteiger partial charge on any atom is 0.327 e. The van der Waals surface area contributed by atoms with Crippen LogP contribution in [0.3, 0.4) is 0 Å². The zero-order valence-corrected chi connectivity index (χ0v) is 16.1. The normalized spacial score (nSPS) is 10.6. The number of H-pyrrole nitrogens is 1. The van der Waals surface area contributed by atoms with Crippen molar-refractivity contribution in [1.82, 2.24) is 15.1 Å². The number of nitrogens with zero attached hydrogens (tertiary/aromatic N) is 2. The van der Waals surface area contributed by atoms with Crippen LogP contribution < -0.4 is 5.32 Å². The Labute approximate surface area is 167 Å². The van der Waals surface area contributed by atoms with Crippen LogP contribution in [0.4, 0.5) is 19.3 Å². The third kappa shape index (κ3) is 4.84. The van der Waals surface area contributed by atoms with Crippen LogP contribution in [0.15, 0.2) is 48.8 Å². The van der Waals surface area contributed by atoms with Crippen molar-refractivity contribution >= 4 is 17.6 Å². The summed E-state index contributed by atoms with van der Waals surface area (Å²) in [5, 5.41) is 17.4. The summed E-state index contributed by atoms with van der Waals surface area (Å²) in [5.74, 6) is -1.51. The number of aromatic amines is 1. The molecule has 0 fully saturated rings. The Morgan fingerprint density at radius 1 is 1.21 bits per heavy atom. The zero-order valence-electron chi connectivity index (χ0n) is 16.1. The summed E-state index contributed by atoms with van der Waals surface area (Å²) >= 11 is 0. The van der Waals surface area contributed by atoms with E-state index in [-0.39, 0.29) is 17.9 Å². The molecule has 0 unspecified atom stereocenters. The molecule has 3 aromatic rings. The lowest BCUT2D eigenvalue weighted by atomic mass is 10.00. The van der Waals surface area contributed by atoms with Gasteiger partial charge in [-0.25, -0.2) is 13.6 Å². The van der Waals surface area contributed by atoms with E-state index in [0.717, 1.165) is 46.2 Å². The van der Waals surface area contributed by atoms with E-state index in [0.29, 0.717) is 5.69 Å². The smallest absolute Gasteiger partial charge is 0.307 e. The van der Waals surface area contributed by atoms with Crippen molar-refractivity contribution in [2.45, 2.75) is 26.8 Å². The highest BCUT2D eigenvalue weighted by atomic mass is 19.1. The molecule has 0 aliphatic rings. The molecule has 3 rings (SSSR count). The zero-order chi connectivity index (χ0) is 21.0. The van der Waals surface area contributed by atoms with Crippen LogP contribution in [0, 0.1) is 17.0 Å². The monoisotopic (exact) mass is 397 g/mol. The van der Waals surface area contributed by atoms with Crippen LogP contribution in [0.5, 0.6) is 0 Å². The first kappa shape index (κ1) is 20.2. The molecule has 29 heavy (non-hydrogen) atoms. The molecule has 150 valence electrons. The van der Waals surface area contributed by atoms with Gasteiger partial charge in [0, 0.05) is 23.5 Å². The second kappa shape index (κ2) is 8.64. The topological polar surface area (TPSA) is 84.9 Å². The largest absolute Gasteiger partial charge is 0.327 e. The number of benzene rings is 2. The molecule has 6 nitrogen and oxygen atoms in total. The predicted octanol–water partition coefficient (Wildman–Crippen LogP) is 4.95. The first-order valence-corrected chi connectivity index (χ1v) is 9.08. The number of rotatable bonds is 5. The summed E-state index contributed by atoms with van der Waals surface area (Å²) in [6.45, 7) is 3.33. The molecule has 0 saturated heterocycles. The minimum absolute atomic E-state index is 0.0436. The highest BCUT2D eigenvalue weighted by Crippen LogP contribution is 2.26. The maximum atomic E-state index is 13.4. The number of halogens is 2. The molecule has 1 aromatic heterocycles. The number of carbonyl (C=O) groups excluding carboxylic acids is 1. The van der Waals surface area contributed by atoms with Gasteiger partial charge in [-0.2, -0.15) is 5.10 Å². The average Bonchev–Trinajstić information content (AvgIpc) is 3.19. The van der Waals surface area contributed by atoms with Crippen molar-refractivity contribution in [3.05, 3.63) is 71.6 Å². The van der Waals surface area contributed by atoms with E-state index < -0.39 is 17.7 Å². The van der Waals surface area contributed by atoms with Crippen LogP contribution in [-0.4, -0.2) is 27.0 Å². The molecule has 2 aromatic carbocycles. The molecular weight excluding hydrogens is 376 g/mol. The van der Waals surface area contributed by atoms with Crippen molar-refractivity contribution in [3.63, 3.8) is 0 Å². The maximum absolute atomic E-state index is 13.4. The van der Waals surface area contributed by atoms with Gasteiger partial charge in [0.2, 0.25) is 0 Å². The molecule has 1 heterocycles. The van der Waals surface area contributed by atoms with E-state index in [1.54, 1.807) is 18.5 Å². The van der Waals surface area contributed by atoms with Crippen LogP contribution >= 0.6 is 0 Å². The number of hydrogen-bond acceptors (Lipinski definition) is 3. The van der Waals surface area contributed by atoms with Gasteiger partial charge in [-0.15, -0.1) is 0 Å². The van der Waals surface area contributed by atoms with Gasteiger partial charge >= 0.3 is 6.03 Å².